The second kappa shape index (κ2) is 7.02. The van der Waals surface area contributed by atoms with Gasteiger partial charge in [-0.1, -0.05) is 27.7 Å². The van der Waals surface area contributed by atoms with Gasteiger partial charge in [0.2, 0.25) is 0 Å². The van der Waals surface area contributed by atoms with Crippen LogP contribution < -0.4 is 5.32 Å². The standard InChI is InChI=1S/C13H24N2S/c1-5-12(10(3)4)14-8-7-11-9-16-13(6-2)15-11/h9-10,12,14H,5-8H2,1-4H3. The summed E-state index contributed by atoms with van der Waals surface area (Å²) in [6.45, 7) is 10.0. The molecule has 0 aliphatic carbocycles. The topological polar surface area (TPSA) is 24.9 Å². The first-order chi connectivity index (χ1) is 7.67. The minimum absolute atomic E-state index is 0.643. The van der Waals surface area contributed by atoms with E-state index >= 15 is 0 Å². The third-order valence-corrected chi connectivity index (χ3v) is 3.98. The maximum atomic E-state index is 4.57. The van der Waals surface area contributed by atoms with Gasteiger partial charge < -0.3 is 5.32 Å². The fraction of sp³-hybridized carbons (Fsp3) is 0.769. The van der Waals surface area contributed by atoms with Crippen LogP contribution in [-0.2, 0) is 12.8 Å². The molecule has 1 unspecified atom stereocenters. The highest BCUT2D eigenvalue weighted by molar-refractivity contribution is 7.09. The van der Waals surface area contributed by atoms with E-state index in [0.717, 1.165) is 19.4 Å². The van der Waals surface area contributed by atoms with E-state index in [0.29, 0.717) is 12.0 Å². The van der Waals surface area contributed by atoms with Crippen molar-refractivity contribution < 1.29 is 0 Å². The Labute approximate surface area is 103 Å². The molecule has 1 heterocycles. The zero-order valence-electron chi connectivity index (χ0n) is 10.9. The summed E-state index contributed by atoms with van der Waals surface area (Å²) in [5.74, 6) is 0.714. The summed E-state index contributed by atoms with van der Waals surface area (Å²) in [6.07, 6.45) is 3.32. The van der Waals surface area contributed by atoms with Gasteiger partial charge in [0.25, 0.3) is 0 Å². The number of aromatic nitrogens is 1. The van der Waals surface area contributed by atoms with Gasteiger partial charge in [-0.2, -0.15) is 0 Å². The van der Waals surface area contributed by atoms with Crippen LogP contribution >= 0.6 is 11.3 Å². The molecule has 1 atom stereocenters. The number of hydrogen-bond acceptors (Lipinski definition) is 3. The first kappa shape index (κ1) is 13.7. The molecule has 0 saturated carbocycles. The summed E-state index contributed by atoms with van der Waals surface area (Å²) in [4.78, 5) is 4.57. The molecule has 0 amide bonds. The first-order valence-electron chi connectivity index (χ1n) is 6.34. The Hall–Kier alpha value is -0.410. The van der Waals surface area contributed by atoms with Gasteiger partial charge in [0.05, 0.1) is 10.7 Å². The summed E-state index contributed by atoms with van der Waals surface area (Å²) in [7, 11) is 0. The van der Waals surface area contributed by atoms with Crippen LogP contribution in [0.2, 0.25) is 0 Å². The normalized spacial score (nSPS) is 13.3. The molecule has 0 aliphatic rings. The Morgan fingerprint density at radius 3 is 2.62 bits per heavy atom. The lowest BCUT2D eigenvalue weighted by molar-refractivity contribution is 0.391. The van der Waals surface area contributed by atoms with Crippen LogP contribution in [0.15, 0.2) is 5.38 Å². The molecule has 0 aliphatic heterocycles. The molecule has 0 aromatic carbocycles. The second-order valence-electron chi connectivity index (χ2n) is 4.55. The number of nitrogens with zero attached hydrogens (tertiary/aromatic N) is 1. The minimum atomic E-state index is 0.643. The van der Waals surface area contributed by atoms with Gasteiger partial charge in [-0.3, -0.25) is 0 Å². The SMILES string of the molecule is CCc1nc(CCNC(CC)C(C)C)cs1. The van der Waals surface area contributed by atoms with Gasteiger partial charge in [0.1, 0.15) is 0 Å². The molecule has 0 spiro atoms. The molecule has 0 bridgehead atoms. The van der Waals surface area contributed by atoms with E-state index in [4.69, 9.17) is 0 Å². The van der Waals surface area contributed by atoms with E-state index in [9.17, 15) is 0 Å². The van der Waals surface area contributed by atoms with E-state index in [1.165, 1.54) is 17.1 Å². The number of rotatable bonds is 7. The van der Waals surface area contributed by atoms with Crippen molar-refractivity contribution in [2.24, 2.45) is 5.92 Å². The fourth-order valence-electron chi connectivity index (χ4n) is 1.86. The van der Waals surface area contributed by atoms with Crippen LogP contribution in [-0.4, -0.2) is 17.6 Å². The van der Waals surface area contributed by atoms with Crippen LogP contribution in [0.3, 0.4) is 0 Å². The zero-order valence-corrected chi connectivity index (χ0v) is 11.7. The number of hydrogen-bond donors (Lipinski definition) is 1. The minimum Gasteiger partial charge on any atom is -0.313 e. The molecule has 1 N–H and O–H groups in total. The summed E-state index contributed by atoms with van der Waals surface area (Å²) >= 11 is 1.78. The Balaban J connectivity index is 2.29. The highest BCUT2D eigenvalue weighted by Crippen LogP contribution is 2.11. The molecule has 16 heavy (non-hydrogen) atoms. The predicted molar refractivity (Wildman–Crippen MR) is 72.1 cm³/mol. The van der Waals surface area contributed by atoms with Crippen molar-refractivity contribution in [2.75, 3.05) is 6.54 Å². The lowest BCUT2D eigenvalue weighted by atomic mass is 10.0. The Morgan fingerprint density at radius 2 is 2.12 bits per heavy atom. The number of aryl methyl sites for hydroxylation is 1. The quantitative estimate of drug-likeness (QED) is 0.791. The molecule has 2 nitrogen and oxygen atoms in total. The first-order valence-corrected chi connectivity index (χ1v) is 7.22. The van der Waals surface area contributed by atoms with Crippen LogP contribution in [0.25, 0.3) is 0 Å². The fourth-order valence-corrected chi connectivity index (χ4v) is 2.64. The Morgan fingerprint density at radius 1 is 1.38 bits per heavy atom. The van der Waals surface area contributed by atoms with E-state index in [2.05, 4.69) is 43.4 Å². The third kappa shape index (κ3) is 4.22. The molecular weight excluding hydrogens is 216 g/mol. The molecule has 1 rings (SSSR count). The molecule has 0 saturated heterocycles. The van der Waals surface area contributed by atoms with Gasteiger partial charge in [0, 0.05) is 24.4 Å². The summed E-state index contributed by atoms with van der Waals surface area (Å²) in [5.41, 5.74) is 1.24. The highest BCUT2D eigenvalue weighted by atomic mass is 32.1. The second-order valence-corrected chi connectivity index (χ2v) is 5.49. The maximum absolute atomic E-state index is 4.57. The molecule has 0 fully saturated rings. The lowest BCUT2D eigenvalue weighted by Crippen LogP contribution is -2.34. The van der Waals surface area contributed by atoms with E-state index in [1.54, 1.807) is 11.3 Å². The van der Waals surface area contributed by atoms with Crippen molar-refractivity contribution in [2.45, 2.75) is 53.0 Å². The third-order valence-electron chi connectivity index (χ3n) is 2.93. The van der Waals surface area contributed by atoms with Crippen molar-refractivity contribution in [3.05, 3.63) is 16.1 Å². The molecule has 92 valence electrons. The van der Waals surface area contributed by atoms with Crippen molar-refractivity contribution >= 4 is 11.3 Å². The Bertz CT molecular complexity index is 294. The summed E-state index contributed by atoms with van der Waals surface area (Å²) in [5, 5.41) is 7.06. The Kier molecular flexibility index (Phi) is 5.99. The zero-order chi connectivity index (χ0) is 12.0. The average molecular weight is 240 g/mol. The molecule has 1 aromatic rings. The maximum Gasteiger partial charge on any atom is 0.0925 e. The van der Waals surface area contributed by atoms with Crippen molar-refractivity contribution in [3.8, 4) is 0 Å². The molecule has 1 aromatic heterocycles. The number of thiazole rings is 1. The average Bonchev–Trinajstić information content (AvgIpc) is 2.71. The molecular formula is C13H24N2S. The largest absolute Gasteiger partial charge is 0.313 e. The van der Waals surface area contributed by atoms with Gasteiger partial charge in [-0.25, -0.2) is 4.98 Å². The van der Waals surface area contributed by atoms with Crippen molar-refractivity contribution in [3.63, 3.8) is 0 Å². The van der Waals surface area contributed by atoms with Crippen LogP contribution in [0.1, 0.15) is 44.8 Å². The van der Waals surface area contributed by atoms with Gasteiger partial charge in [0.15, 0.2) is 0 Å². The summed E-state index contributed by atoms with van der Waals surface area (Å²) in [6, 6.07) is 0.643. The van der Waals surface area contributed by atoms with Crippen molar-refractivity contribution in [1.82, 2.24) is 10.3 Å². The van der Waals surface area contributed by atoms with Crippen molar-refractivity contribution in [1.29, 1.82) is 0 Å². The predicted octanol–water partition coefficient (Wildman–Crippen LogP) is 3.27. The molecule has 3 heteroatoms. The van der Waals surface area contributed by atoms with E-state index in [-0.39, 0.29) is 0 Å². The lowest BCUT2D eigenvalue weighted by Gasteiger charge is -2.20. The monoisotopic (exact) mass is 240 g/mol. The van der Waals surface area contributed by atoms with E-state index < -0.39 is 0 Å². The van der Waals surface area contributed by atoms with Crippen LogP contribution in [0.4, 0.5) is 0 Å². The van der Waals surface area contributed by atoms with Gasteiger partial charge in [-0.15, -0.1) is 11.3 Å². The number of nitrogens with one attached hydrogen (secondary N) is 1. The van der Waals surface area contributed by atoms with Crippen LogP contribution in [0.5, 0.6) is 0 Å². The summed E-state index contributed by atoms with van der Waals surface area (Å²) < 4.78 is 0. The highest BCUT2D eigenvalue weighted by Gasteiger charge is 2.09. The van der Waals surface area contributed by atoms with Gasteiger partial charge >= 0.3 is 0 Å². The van der Waals surface area contributed by atoms with Gasteiger partial charge in [-0.05, 0) is 18.8 Å². The molecule has 0 radical (unpaired) electrons. The van der Waals surface area contributed by atoms with Crippen LogP contribution in [0, 0.1) is 5.92 Å². The smallest absolute Gasteiger partial charge is 0.0925 e. The van der Waals surface area contributed by atoms with E-state index in [1.807, 2.05) is 0 Å².